The van der Waals surface area contributed by atoms with Gasteiger partial charge in [0.1, 0.15) is 17.3 Å². The molecular weight excluding hydrogens is 230 g/mol. The van der Waals surface area contributed by atoms with E-state index in [1.54, 1.807) is 13.4 Å². The van der Waals surface area contributed by atoms with Crippen molar-refractivity contribution >= 4 is 0 Å². The minimum atomic E-state index is -0.313. The van der Waals surface area contributed by atoms with E-state index in [0.29, 0.717) is 11.5 Å². The van der Waals surface area contributed by atoms with Crippen molar-refractivity contribution < 1.29 is 13.9 Å². The average molecular weight is 247 g/mol. The second-order valence-electron chi connectivity index (χ2n) is 4.09. The Morgan fingerprint density at radius 3 is 2.56 bits per heavy atom. The van der Waals surface area contributed by atoms with E-state index in [0.717, 1.165) is 5.75 Å². The van der Waals surface area contributed by atoms with Crippen molar-refractivity contribution in [3.05, 3.63) is 48.4 Å². The SMILES string of the molecule is COc1cccc(OC(c2ccco2)C(C)N)c1. The van der Waals surface area contributed by atoms with Crippen LogP contribution in [0.4, 0.5) is 0 Å². The molecule has 0 amide bonds. The molecule has 96 valence electrons. The van der Waals surface area contributed by atoms with Crippen LogP contribution in [0.3, 0.4) is 0 Å². The largest absolute Gasteiger partial charge is 0.497 e. The topological polar surface area (TPSA) is 57.6 Å². The van der Waals surface area contributed by atoms with Crippen LogP contribution in [0.15, 0.2) is 47.1 Å². The minimum Gasteiger partial charge on any atom is -0.497 e. The van der Waals surface area contributed by atoms with Crippen LogP contribution in [0.25, 0.3) is 0 Å². The molecule has 18 heavy (non-hydrogen) atoms. The van der Waals surface area contributed by atoms with Gasteiger partial charge >= 0.3 is 0 Å². The summed E-state index contributed by atoms with van der Waals surface area (Å²) in [5.41, 5.74) is 5.93. The Kier molecular flexibility index (Phi) is 3.89. The standard InChI is InChI=1S/C14H17NO3/c1-10(15)14(13-7-4-8-17-13)18-12-6-3-5-11(9-12)16-2/h3-10,14H,15H2,1-2H3. The molecular formula is C14H17NO3. The van der Waals surface area contributed by atoms with Crippen LogP contribution in [-0.2, 0) is 0 Å². The fourth-order valence-corrected chi connectivity index (χ4v) is 1.70. The highest BCUT2D eigenvalue weighted by atomic mass is 16.5. The van der Waals surface area contributed by atoms with E-state index < -0.39 is 0 Å². The van der Waals surface area contributed by atoms with Gasteiger partial charge in [-0.15, -0.1) is 0 Å². The summed E-state index contributed by atoms with van der Waals surface area (Å²) in [5.74, 6) is 2.16. The van der Waals surface area contributed by atoms with E-state index in [1.165, 1.54) is 0 Å². The van der Waals surface area contributed by atoms with Gasteiger partial charge < -0.3 is 19.6 Å². The Bertz CT molecular complexity index is 480. The highest BCUT2D eigenvalue weighted by Crippen LogP contribution is 2.27. The van der Waals surface area contributed by atoms with Crippen molar-refractivity contribution in [1.82, 2.24) is 0 Å². The Labute approximate surface area is 106 Å². The van der Waals surface area contributed by atoms with Crippen molar-refractivity contribution in [2.24, 2.45) is 5.73 Å². The molecule has 0 aliphatic heterocycles. The van der Waals surface area contributed by atoms with Gasteiger partial charge in [0.05, 0.1) is 13.4 Å². The Balaban J connectivity index is 2.18. The molecule has 0 radical (unpaired) electrons. The lowest BCUT2D eigenvalue weighted by Gasteiger charge is -2.20. The summed E-state index contributed by atoms with van der Waals surface area (Å²) in [6.45, 7) is 1.88. The maximum atomic E-state index is 5.93. The highest BCUT2D eigenvalue weighted by Gasteiger charge is 2.21. The second kappa shape index (κ2) is 5.60. The zero-order valence-corrected chi connectivity index (χ0v) is 10.5. The molecule has 2 aromatic rings. The number of benzene rings is 1. The smallest absolute Gasteiger partial charge is 0.171 e. The first-order valence-electron chi connectivity index (χ1n) is 5.80. The lowest BCUT2D eigenvalue weighted by Crippen LogP contribution is -2.28. The summed E-state index contributed by atoms with van der Waals surface area (Å²) in [5, 5.41) is 0. The zero-order valence-electron chi connectivity index (χ0n) is 10.5. The van der Waals surface area contributed by atoms with Gasteiger partial charge in [-0.1, -0.05) is 6.07 Å². The number of methoxy groups -OCH3 is 1. The molecule has 0 bridgehead atoms. The molecule has 2 N–H and O–H groups in total. The van der Waals surface area contributed by atoms with E-state index in [9.17, 15) is 0 Å². The van der Waals surface area contributed by atoms with E-state index in [1.807, 2.05) is 43.3 Å². The van der Waals surface area contributed by atoms with Gasteiger partial charge in [0.2, 0.25) is 0 Å². The molecule has 1 aromatic carbocycles. The average Bonchev–Trinajstić information content (AvgIpc) is 2.89. The summed E-state index contributed by atoms with van der Waals surface area (Å²) < 4.78 is 16.4. The molecule has 2 atom stereocenters. The molecule has 4 nitrogen and oxygen atoms in total. The van der Waals surface area contributed by atoms with E-state index in [-0.39, 0.29) is 12.1 Å². The van der Waals surface area contributed by atoms with E-state index >= 15 is 0 Å². The van der Waals surface area contributed by atoms with Gasteiger partial charge in [-0.25, -0.2) is 0 Å². The maximum absolute atomic E-state index is 5.93. The van der Waals surface area contributed by atoms with Gasteiger partial charge in [0.25, 0.3) is 0 Å². The van der Waals surface area contributed by atoms with Crippen molar-refractivity contribution in [2.45, 2.75) is 19.1 Å². The number of rotatable bonds is 5. The Morgan fingerprint density at radius 1 is 1.17 bits per heavy atom. The molecule has 4 heteroatoms. The van der Waals surface area contributed by atoms with Gasteiger partial charge in [-0.2, -0.15) is 0 Å². The third kappa shape index (κ3) is 2.84. The predicted molar refractivity (Wildman–Crippen MR) is 68.7 cm³/mol. The van der Waals surface area contributed by atoms with Crippen LogP contribution in [0.1, 0.15) is 18.8 Å². The maximum Gasteiger partial charge on any atom is 0.171 e. The first-order chi connectivity index (χ1) is 8.70. The molecule has 0 saturated heterocycles. The van der Waals surface area contributed by atoms with Gasteiger partial charge in [-0.05, 0) is 31.2 Å². The van der Waals surface area contributed by atoms with Crippen LogP contribution in [0.2, 0.25) is 0 Å². The van der Waals surface area contributed by atoms with Gasteiger partial charge in [0, 0.05) is 12.1 Å². The van der Waals surface area contributed by atoms with Crippen molar-refractivity contribution in [2.75, 3.05) is 7.11 Å². The summed E-state index contributed by atoms with van der Waals surface area (Å²) >= 11 is 0. The molecule has 0 spiro atoms. The van der Waals surface area contributed by atoms with E-state index in [4.69, 9.17) is 19.6 Å². The molecule has 1 heterocycles. The first-order valence-corrected chi connectivity index (χ1v) is 5.80. The molecule has 0 aliphatic carbocycles. The molecule has 0 fully saturated rings. The van der Waals surface area contributed by atoms with Crippen LogP contribution in [0, 0.1) is 0 Å². The number of nitrogens with two attached hydrogens (primary N) is 1. The van der Waals surface area contributed by atoms with E-state index in [2.05, 4.69) is 0 Å². The monoisotopic (exact) mass is 247 g/mol. The minimum absolute atomic E-state index is 0.178. The summed E-state index contributed by atoms with van der Waals surface area (Å²) in [6.07, 6.45) is 1.30. The summed E-state index contributed by atoms with van der Waals surface area (Å²) in [7, 11) is 1.62. The quantitative estimate of drug-likeness (QED) is 0.882. The van der Waals surface area contributed by atoms with Crippen molar-refractivity contribution in [3.63, 3.8) is 0 Å². The van der Waals surface area contributed by atoms with Crippen LogP contribution >= 0.6 is 0 Å². The number of hydrogen-bond acceptors (Lipinski definition) is 4. The second-order valence-corrected chi connectivity index (χ2v) is 4.09. The highest BCUT2D eigenvalue weighted by molar-refractivity contribution is 5.33. The summed E-state index contributed by atoms with van der Waals surface area (Å²) in [6, 6.07) is 10.9. The number of ether oxygens (including phenoxy) is 2. The first kappa shape index (κ1) is 12.5. The van der Waals surface area contributed by atoms with Gasteiger partial charge in [-0.3, -0.25) is 0 Å². The molecule has 2 unspecified atom stereocenters. The Morgan fingerprint density at radius 2 is 1.94 bits per heavy atom. The number of furan rings is 1. The predicted octanol–water partition coefficient (Wildman–Crippen LogP) is 2.76. The zero-order chi connectivity index (χ0) is 13.0. The summed E-state index contributed by atoms with van der Waals surface area (Å²) in [4.78, 5) is 0. The molecule has 2 rings (SSSR count). The Hall–Kier alpha value is -1.94. The van der Waals surface area contributed by atoms with Crippen LogP contribution < -0.4 is 15.2 Å². The fourth-order valence-electron chi connectivity index (χ4n) is 1.70. The third-order valence-electron chi connectivity index (χ3n) is 2.61. The van der Waals surface area contributed by atoms with Crippen molar-refractivity contribution in [1.29, 1.82) is 0 Å². The molecule has 1 aromatic heterocycles. The third-order valence-corrected chi connectivity index (χ3v) is 2.61. The molecule has 0 aliphatic rings. The van der Waals surface area contributed by atoms with Crippen molar-refractivity contribution in [3.8, 4) is 11.5 Å². The van der Waals surface area contributed by atoms with Gasteiger partial charge in [0.15, 0.2) is 6.10 Å². The number of hydrogen-bond donors (Lipinski definition) is 1. The molecule has 0 saturated carbocycles. The lowest BCUT2D eigenvalue weighted by molar-refractivity contribution is 0.152. The fraction of sp³-hybridized carbons (Fsp3) is 0.286. The lowest BCUT2D eigenvalue weighted by atomic mass is 10.1. The van der Waals surface area contributed by atoms with Crippen LogP contribution in [-0.4, -0.2) is 13.2 Å². The van der Waals surface area contributed by atoms with Crippen LogP contribution in [0.5, 0.6) is 11.5 Å². The normalized spacial score (nSPS) is 13.9.